The van der Waals surface area contributed by atoms with Crippen molar-refractivity contribution in [2.75, 3.05) is 0 Å². The standard InChI is InChI=1S/C24H31N3O3/c1-17-7-2-5-10-20(17)27(24(29)21-11-6-16-30-21)22(18-12-14-25-15-13-18)23(28)26-19-8-3-4-9-19/h6,11-17,19-20,22H,2-5,7-10H2,1H3,(H,26,28)/t17-,20-,22-/m0/s1. The van der Waals surface area contributed by atoms with Gasteiger partial charge in [0.1, 0.15) is 6.04 Å². The highest BCUT2D eigenvalue weighted by atomic mass is 16.3. The predicted molar refractivity (Wildman–Crippen MR) is 114 cm³/mol. The zero-order valence-corrected chi connectivity index (χ0v) is 17.6. The molecule has 6 heteroatoms. The van der Waals surface area contributed by atoms with E-state index in [0.29, 0.717) is 5.92 Å². The van der Waals surface area contributed by atoms with Crippen LogP contribution in [-0.4, -0.2) is 33.8 Å². The molecule has 0 unspecified atom stereocenters. The lowest BCUT2D eigenvalue weighted by Gasteiger charge is -2.42. The van der Waals surface area contributed by atoms with E-state index in [1.165, 1.54) is 6.26 Å². The molecule has 0 saturated heterocycles. The third-order valence-corrected chi connectivity index (χ3v) is 6.64. The molecule has 6 nitrogen and oxygen atoms in total. The summed E-state index contributed by atoms with van der Waals surface area (Å²) in [6, 6.07) is 6.56. The molecule has 30 heavy (non-hydrogen) atoms. The zero-order chi connectivity index (χ0) is 20.9. The molecule has 2 amide bonds. The maximum Gasteiger partial charge on any atom is 0.290 e. The van der Waals surface area contributed by atoms with Gasteiger partial charge in [-0.2, -0.15) is 0 Å². The maximum absolute atomic E-state index is 13.6. The SMILES string of the molecule is C[C@H]1CCCC[C@@H]1N(C(=O)c1ccco1)[C@H](C(=O)NC1CCCC1)c1ccncc1. The van der Waals surface area contributed by atoms with Gasteiger partial charge >= 0.3 is 0 Å². The minimum absolute atomic E-state index is 0.0103. The first-order chi connectivity index (χ1) is 14.6. The number of furan rings is 1. The Bertz CT molecular complexity index is 831. The second-order valence-electron chi connectivity index (χ2n) is 8.69. The monoisotopic (exact) mass is 409 g/mol. The second kappa shape index (κ2) is 9.45. The molecule has 2 aromatic heterocycles. The summed E-state index contributed by atoms with van der Waals surface area (Å²) in [4.78, 5) is 33.2. The fourth-order valence-corrected chi connectivity index (χ4v) is 5.03. The Morgan fingerprint density at radius 1 is 1.07 bits per heavy atom. The van der Waals surface area contributed by atoms with Crippen LogP contribution < -0.4 is 5.32 Å². The lowest BCUT2D eigenvalue weighted by molar-refractivity contribution is -0.128. The summed E-state index contributed by atoms with van der Waals surface area (Å²) in [5.74, 6) is 0.273. The quantitative estimate of drug-likeness (QED) is 0.762. The van der Waals surface area contributed by atoms with Crippen LogP contribution in [0, 0.1) is 5.92 Å². The Morgan fingerprint density at radius 3 is 2.43 bits per heavy atom. The first kappa shape index (κ1) is 20.6. The summed E-state index contributed by atoms with van der Waals surface area (Å²) < 4.78 is 5.47. The number of hydrogen-bond donors (Lipinski definition) is 1. The molecule has 0 radical (unpaired) electrons. The van der Waals surface area contributed by atoms with Gasteiger partial charge in [-0.25, -0.2) is 0 Å². The Morgan fingerprint density at radius 2 is 1.77 bits per heavy atom. The number of hydrogen-bond acceptors (Lipinski definition) is 4. The summed E-state index contributed by atoms with van der Waals surface area (Å²) in [5.41, 5.74) is 0.790. The third kappa shape index (κ3) is 4.42. The summed E-state index contributed by atoms with van der Waals surface area (Å²) in [7, 11) is 0. The molecule has 0 spiro atoms. The van der Waals surface area contributed by atoms with Crippen LogP contribution in [0.5, 0.6) is 0 Å². The first-order valence-electron chi connectivity index (χ1n) is 11.2. The van der Waals surface area contributed by atoms with Crippen molar-refractivity contribution in [2.45, 2.75) is 76.4 Å². The minimum atomic E-state index is -0.697. The fraction of sp³-hybridized carbons (Fsp3) is 0.542. The normalized spacial score (nSPS) is 23.1. The van der Waals surface area contributed by atoms with Crippen LogP contribution >= 0.6 is 0 Å². The number of carbonyl (C=O) groups is 2. The van der Waals surface area contributed by atoms with Crippen molar-refractivity contribution in [3.63, 3.8) is 0 Å². The lowest BCUT2D eigenvalue weighted by atomic mass is 9.83. The second-order valence-corrected chi connectivity index (χ2v) is 8.69. The van der Waals surface area contributed by atoms with Gasteiger partial charge in [0, 0.05) is 24.5 Å². The average molecular weight is 410 g/mol. The molecule has 2 fully saturated rings. The molecule has 2 aliphatic rings. The molecule has 3 atom stereocenters. The van der Waals surface area contributed by atoms with E-state index in [-0.39, 0.29) is 29.7 Å². The molecular formula is C24H31N3O3. The molecule has 160 valence electrons. The molecule has 1 N–H and O–H groups in total. The van der Waals surface area contributed by atoms with Gasteiger partial charge in [0.25, 0.3) is 5.91 Å². The van der Waals surface area contributed by atoms with Gasteiger partial charge < -0.3 is 14.6 Å². The zero-order valence-electron chi connectivity index (χ0n) is 17.6. The van der Waals surface area contributed by atoms with E-state index in [1.54, 1.807) is 29.4 Å². The molecule has 2 heterocycles. The summed E-state index contributed by atoms with van der Waals surface area (Å²) in [6.07, 6.45) is 13.3. The van der Waals surface area contributed by atoms with Gasteiger partial charge in [0.15, 0.2) is 5.76 Å². The van der Waals surface area contributed by atoms with Gasteiger partial charge in [-0.1, -0.05) is 32.6 Å². The molecule has 0 aromatic carbocycles. The average Bonchev–Trinajstić information content (AvgIpc) is 3.47. The van der Waals surface area contributed by atoms with Crippen LogP contribution in [0.15, 0.2) is 47.3 Å². The minimum Gasteiger partial charge on any atom is -0.459 e. The van der Waals surface area contributed by atoms with Crippen molar-refractivity contribution < 1.29 is 14.0 Å². The van der Waals surface area contributed by atoms with Crippen molar-refractivity contribution in [2.24, 2.45) is 5.92 Å². The molecule has 0 aliphatic heterocycles. The van der Waals surface area contributed by atoms with Gasteiger partial charge in [0.05, 0.1) is 6.26 Å². The van der Waals surface area contributed by atoms with E-state index < -0.39 is 6.04 Å². The highest BCUT2D eigenvalue weighted by molar-refractivity contribution is 5.96. The topological polar surface area (TPSA) is 75.4 Å². The Hall–Kier alpha value is -2.63. The van der Waals surface area contributed by atoms with Crippen LogP contribution in [0.3, 0.4) is 0 Å². The third-order valence-electron chi connectivity index (χ3n) is 6.64. The fourth-order valence-electron chi connectivity index (χ4n) is 5.03. The maximum atomic E-state index is 13.6. The van der Waals surface area contributed by atoms with Gasteiger partial charge in [0.2, 0.25) is 5.91 Å². The van der Waals surface area contributed by atoms with Crippen molar-refractivity contribution in [1.82, 2.24) is 15.2 Å². The summed E-state index contributed by atoms with van der Waals surface area (Å²) in [5, 5.41) is 3.23. The van der Waals surface area contributed by atoms with Crippen molar-refractivity contribution in [3.8, 4) is 0 Å². The summed E-state index contributed by atoms with van der Waals surface area (Å²) >= 11 is 0. The Kier molecular flexibility index (Phi) is 6.50. The number of pyridine rings is 1. The van der Waals surface area contributed by atoms with E-state index in [1.807, 2.05) is 12.1 Å². The van der Waals surface area contributed by atoms with Crippen molar-refractivity contribution in [1.29, 1.82) is 0 Å². The molecule has 2 aromatic rings. The lowest BCUT2D eigenvalue weighted by Crippen LogP contribution is -2.52. The van der Waals surface area contributed by atoms with Crippen molar-refractivity contribution in [3.05, 3.63) is 54.2 Å². The number of amides is 2. The molecule has 2 saturated carbocycles. The van der Waals surface area contributed by atoms with Crippen molar-refractivity contribution >= 4 is 11.8 Å². The number of nitrogens with one attached hydrogen (secondary N) is 1. The smallest absolute Gasteiger partial charge is 0.290 e. The van der Waals surface area contributed by atoms with Crippen LogP contribution in [-0.2, 0) is 4.79 Å². The van der Waals surface area contributed by atoms with Crippen LogP contribution in [0.1, 0.15) is 80.5 Å². The first-order valence-corrected chi connectivity index (χ1v) is 11.2. The Labute approximate surface area is 178 Å². The number of nitrogens with zero attached hydrogens (tertiary/aromatic N) is 2. The number of carbonyl (C=O) groups excluding carboxylic acids is 2. The van der Waals surface area contributed by atoms with E-state index >= 15 is 0 Å². The largest absolute Gasteiger partial charge is 0.459 e. The molecule has 0 bridgehead atoms. The molecule has 4 rings (SSSR count). The van der Waals surface area contributed by atoms with E-state index in [4.69, 9.17) is 4.42 Å². The molecule has 2 aliphatic carbocycles. The molecular weight excluding hydrogens is 378 g/mol. The van der Waals surface area contributed by atoms with Gasteiger partial charge in [-0.05, 0) is 61.4 Å². The van der Waals surface area contributed by atoms with Crippen LogP contribution in [0.2, 0.25) is 0 Å². The van der Waals surface area contributed by atoms with Gasteiger partial charge in [-0.3, -0.25) is 14.6 Å². The highest BCUT2D eigenvalue weighted by Crippen LogP contribution is 2.35. The highest BCUT2D eigenvalue weighted by Gasteiger charge is 2.41. The summed E-state index contributed by atoms with van der Waals surface area (Å²) in [6.45, 7) is 2.19. The van der Waals surface area contributed by atoms with Gasteiger partial charge in [-0.15, -0.1) is 0 Å². The van der Waals surface area contributed by atoms with Crippen LogP contribution in [0.4, 0.5) is 0 Å². The van der Waals surface area contributed by atoms with E-state index in [2.05, 4.69) is 17.2 Å². The Balaban J connectivity index is 1.73. The van der Waals surface area contributed by atoms with E-state index in [0.717, 1.165) is 56.9 Å². The number of rotatable bonds is 6. The van der Waals surface area contributed by atoms with Crippen LogP contribution in [0.25, 0.3) is 0 Å². The number of aromatic nitrogens is 1. The predicted octanol–water partition coefficient (Wildman–Crippen LogP) is 4.50. The van der Waals surface area contributed by atoms with E-state index in [9.17, 15) is 9.59 Å².